The van der Waals surface area contributed by atoms with Gasteiger partial charge in [0.25, 0.3) is 0 Å². The second kappa shape index (κ2) is 7.74. The van der Waals surface area contributed by atoms with Crippen molar-refractivity contribution in [3.05, 3.63) is 30.2 Å². The number of carbonyl (C=O) groups is 1. The monoisotopic (exact) mass is 451 g/mol. The number of aliphatic hydroxyl groups excluding tert-OH is 1. The first-order valence-corrected chi connectivity index (χ1v) is 11.7. The molecule has 0 aromatic carbocycles. The molecule has 174 valence electrons. The normalized spacial score (nSPS) is 24.7. The number of urea groups is 1. The Morgan fingerprint density at radius 2 is 2.21 bits per heavy atom. The molecule has 0 radical (unpaired) electrons. The molecule has 1 spiro atoms. The minimum atomic E-state index is -0.673. The van der Waals surface area contributed by atoms with Gasteiger partial charge in [0.1, 0.15) is 5.65 Å². The van der Waals surface area contributed by atoms with Crippen molar-refractivity contribution in [2.24, 2.45) is 0 Å². The van der Waals surface area contributed by atoms with Crippen molar-refractivity contribution in [3.63, 3.8) is 0 Å². The van der Waals surface area contributed by atoms with Gasteiger partial charge in [-0.2, -0.15) is 5.10 Å². The van der Waals surface area contributed by atoms with Gasteiger partial charge in [-0.15, -0.1) is 0 Å². The van der Waals surface area contributed by atoms with Crippen LogP contribution in [0.4, 0.5) is 10.5 Å². The molecule has 6 heterocycles. The molecule has 0 saturated carbocycles. The van der Waals surface area contributed by atoms with E-state index in [1.165, 1.54) is 5.69 Å². The number of morpholine rings is 1. The lowest BCUT2D eigenvalue weighted by Crippen LogP contribution is -2.45. The van der Waals surface area contributed by atoms with Crippen LogP contribution in [0.25, 0.3) is 22.3 Å². The minimum absolute atomic E-state index is 0.0208. The molecule has 0 aliphatic carbocycles. The summed E-state index contributed by atoms with van der Waals surface area (Å²) in [4.78, 5) is 24.1. The highest BCUT2D eigenvalue weighted by Gasteiger charge is 2.46. The second-order valence-corrected chi connectivity index (χ2v) is 9.22. The Balaban J connectivity index is 1.31. The van der Waals surface area contributed by atoms with Gasteiger partial charge >= 0.3 is 6.03 Å². The van der Waals surface area contributed by atoms with Gasteiger partial charge in [0.05, 0.1) is 24.6 Å². The number of pyridine rings is 1. The number of rotatable bonds is 3. The van der Waals surface area contributed by atoms with E-state index in [1.807, 2.05) is 29.1 Å². The molecule has 3 aromatic heterocycles. The first-order chi connectivity index (χ1) is 16.1. The molecule has 3 aliphatic rings. The van der Waals surface area contributed by atoms with Crippen molar-refractivity contribution in [2.45, 2.75) is 38.0 Å². The Labute approximate surface area is 191 Å². The molecule has 0 bridgehead atoms. The molecule has 10 heteroatoms. The van der Waals surface area contributed by atoms with E-state index in [0.717, 1.165) is 60.5 Å². The third-order valence-corrected chi connectivity index (χ3v) is 7.31. The highest BCUT2D eigenvalue weighted by Crippen LogP contribution is 2.44. The summed E-state index contributed by atoms with van der Waals surface area (Å²) in [6, 6.07) is 4.29. The maximum Gasteiger partial charge on any atom is 0.317 e. The summed E-state index contributed by atoms with van der Waals surface area (Å²) in [6.07, 6.45) is 5.04. The highest BCUT2D eigenvalue weighted by atomic mass is 16.5. The Kier molecular flexibility index (Phi) is 4.81. The number of aliphatic hydroxyl groups is 1. The van der Waals surface area contributed by atoms with Gasteiger partial charge in [-0.1, -0.05) is 0 Å². The van der Waals surface area contributed by atoms with Crippen LogP contribution in [0.15, 0.2) is 24.5 Å². The first kappa shape index (κ1) is 20.5. The Morgan fingerprint density at radius 3 is 3.06 bits per heavy atom. The van der Waals surface area contributed by atoms with Crippen molar-refractivity contribution in [3.8, 4) is 11.3 Å². The number of carbonyl (C=O) groups excluding carboxylic acids is 1. The quantitative estimate of drug-likeness (QED) is 0.559. The predicted molar refractivity (Wildman–Crippen MR) is 123 cm³/mol. The number of aromatic nitrogens is 4. The number of likely N-dealkylation sites (tertiary alicyclic amines) is 1. The van der Waals surface area contributed by atoms with Crippen LogP contribution < -0.4 is 10.2 Å². The summed E-state index contributed by atoms with van der Waals surface area (Å²) < 4.78 is 7.47. The van der Waals surface area contributed by atoms with Crippen LogP contribution in [0.2, 0.25) is 0 Å². The molecule has 3 aliphatic heterocycles. The van der Waals surface area contributed by atoms with Crippen molar-refractivity contribution < 1.29 is 14.6 Å². The van der Waals surface area contributed by atoms with Crippen LogP contribution in [0, 0.1) is 0 Å². The number of nitrogens with one attached hydrogen (secondary N) is 2. The maximum absolute atomic E-state index is 12.4. The van der Waals surface area contributed by atoms with Gasteiger partial charge in [0.15, 0.2) is 6.23 Å². The number of fused-ring (bicyclic) bond motifs is 3. The van der Waals surface area contributed by atoms with Gasteiger partial charge in [0, 0.05) is 67.2 Å². The molecular weight excluding hydrogens is 422 g/mol. The third-order valence-electron chi connectivity index (χ3n) is 7.31. The fourth-order valence-electron chi connectivity index (χ4n) is 5.56. The fraction of sp³-hybridized carbons (Fsp3) is 0.522. The van der Waals surface area contributed by atoms with E-state index in [-0.39, 0.29) is 11.4 Å². The van der Waals surface area contributed by atoms with E-state index < -0.39 is 6.23 Å². The smallest absolute Gasteiger partial charge is 0.317 e. The molecule has 2 fully saturated rings. The van der Waals surface area contributed by atoms with E-state index in [9.17, 15) is 9.90 Å². The van der Waals surface area contributed by atoms with Crippen LogP contribution in [0.5, 0.6) is 0 Å². The Bertz CT molecular complexity index is 1200. The van der Waals surface area contributed by atoms with Crippen LogP contribution in [-0.4, -0.2) is 81.4 Å². The number of ether oxygens (including phenoxy) is 1. The Hall–Kier alpha value is -3.11. The lowest BCUT2D eigenvalue weighted by Gasteiger charge is -2.33. The lowest BCUT2D eigenvalue weighted by atomic mass is 9.82. The third kappa shape index (κ3) is 3.27. The summed E-state index contributed by atoms with van der Waals surface area (Å²) >= 11 is 0. The topological polar surface area (TPSA) is 112 Å². The van der Waals surface area contributed by atoms with Gasteiger partial charge in [-0.25, -0.2) is 9.78 Å². The summed E-state index contributed by atoms with van der Waals surface area (Å²) in [5, 5.41) is 19.2. The number of H-pyrrole nitrogens is 1. The molecular formula is C23H29N7O3. The van der Waals surface area contributed by atoms with Gasteiger partial charge in [-0.3, -0.25) is 4.68 Å². The molecule has 3 N–H and O–H groups in total. The largest absolute Gasteiger partial charge is 0.375 e. The van der Waals surface area contributed by atoms with Crippen LogP contribution in [-0.2, 0) is 16.7 Å². The first-order valence-electron chi connectivity index (χ1n) is 11.7. The number of hydrogen-bond donors (Lipinski definition) is 3. The van der Waals surface area contributed by atoms with Gasteiger partial charge in [-0.05, 0) is 31.9 Å². The highest BCUT2D eigenvalue weighted by molar-refractivity contribution is 5.93. The summed E-state index contributed by atoms with van der Waals surface area (Å²) in [7, 11) is 0. The standard InChI is InChI=1S/C23H29N7O3/c1-2-24-22(32)28-5-3-23(14-28)4-6-30-19(23)10-17(27-30)15-9-16-18(12-26-21(16)25-11-15)29-7-8-33-13-20(29)31/h9-12,20,31H,2-8,13-14H2,1H3,(H,24,32)(H,25,26). The molecule has 2 unspecified atom stereocenters. The molecule has 2 atom stereocenters. The number of hydrogen-bond acceptors (Lipinski definition) is 6. The molecule has 2 saturated heterocycles. The summed E-state index contributed by atoms with van der Waals surface area (Å²) in [6.45, 7) is 6.46. The van der Waals surface area contributed by atoms with E-state index >= 15 is 0 Å². The van der Waals surface area contributed by atoms with Gasteiger partial charge in [0.2, 0.25) is 0 Å². The molecule has 6 rings (SSSR count). The zero-order valence-electron chi connectivity index (χ0n) is 18.8. The number of aryl methyl sites for hydroxylation is 1. The molecule has 3 aromatic rings. The van der Waals surface area contributed by atoms with Crippen LogP contribution in [0.3, 0.4) is 0 Å². The Morgan fingerprint density at radius 1 is 1.33 bits per heavy atom. The van der Waals surface area contributed by atoms with Gasteiger partial charge < -0.3 is 29.9 Å². The zero-order valence-corrected chi connectivity index (χ0v) is 18.8. The maximum atomic E-state index is 12.4. The molecule has 2 amide bonds. The predicted octanol–water partition coefficient (Wildman–Crippen LogP) is 1.66. The number of anilines is 1. The van der Waals surface area contributed by atoms with E-state index in [1.54, 1.807) is 0 Å². The van der Waals surface area contributed by atoms with Crippen molar-refractivity contribution in [1.29, 1.82) is 0 Å². The lowest BCUT2D eigenvalue weighted by molar-refractivity contribution is 0.00649. The van der Waals surface area contributed by atoms with Crippen molar-refractivity contribution >= 4 is 22.8 Å². The zero-order chi connectivity index (χ0) is 22.6. The summed E-state index contributed by atoms with van der Waals surface area (Å²) in [5.41, 5.74) is 4.73. The number of amides is 2. The van der Waals surface area contributed by atoms with Crippen LogP contribution >= 0.6 is 0 Å². The SMILES string of the molecule is CCNC(=O)N1CCC2(CCn3nc(-c4cnc5[nH]cc(N6CCOCC6O)c5c4)cc32)C1. The fourth-order valence-corrected chi connectivity index (χ4v) is 5.56. The average Bonchev–Trinajstić information content (AvgIpc) is 3.59. The minimum Gasteiger partial charge on any atom is -0.375 e. The van der Waals surface area contributed by atoms with E-state index in [2.05, 4.69) is 32.1 Å². The number of nitrogens with zero attached hydrogens (tertiary/aromatic N) is 5. The molecule has 10 nitrogen and oxygen atoms in total. The van der Waals surface area contributed by atoms with E-state index in [0.29, 0.717) is 26.3 Å². The average molecular weight is 452 g/mol. The van der Waals surface area contributed by atoms with Crippen LogP contribution in [0.1, 0.15) is 25.5 Å². The summed E-state index contributed by atoms with van der Waals surface area (Å²) in [5.74, 6) is 0. The second-order valence-electron chi connectivity index (χ2n) is 9.22. The van der Waals surface area contributed by atoms with Crippen molar-refractivity contribution in [2.75, 3.05) is 44.3 Å². The number of aromatic amines is 1. The van der Waals surface area contributed by atoms with Crippen molar-refractivity contribution in [1.82, 2.24) is 30.0 Å². The van der Waals surface area contributed by atoms with E-state index in [4.69, 9.17) is 9.84 Å². The molecule has 33 heavy (non-hydrogen) atoms.